The smallest absolute Gasteiger partial charge is 0.242 e. The SMILES string of the molecule is CC[C@@H](C)NC(=O)[C@@H](C)N(CCc1ccccc1)C(=O)CCCOc1ccc(OC)cc1. The third-order valence-corrected chi connectivity index (χ3v) is 5.52. The molecular weight excluding hydrogens is 404 g/mol. The Balaban J connectivity index is 1.92. The van der Waals surface area contributed by atoms with Crippen LogP contribution in [0.3, 0.4) is 0 Å². The van der Waals surface area contributed by atoms with Crippen LogP contribution in [0.5, 0.6) is 11.5 Å². The van der Waals surface area contributed by atoms with Gasteiger partial charge in [0, 0.05) is 19.0 Å². The number of nitrogens with one attached hydrogen (secondary N) is 1. The van der Waals surface area contributed by atoms with E-state index in [1.807, 2.05) is 68.4 Å². The van der Waals surface area contributed by atoms with Crippen LogP contribution in [0.15, 0.2) is 54.6 Å². The lowest BCUT2D eigenvalue weighted by Crippen LogP contribution is -2.50. The molecule has 2 aromatic carbocycles. The molecule has 0 unspecified atom stereocenters. The molecule has 0 saturated heterocycles. The van der Waals surface area contributed by atoms with E-state index in [0.717, 1.165) is 23.5 Å². The maximum Gasteiger partial charge on any atom is 0.242 e. The first-order chi connectivity index (χ1) is 15.4. The first kappa shape index (κ1) is 25.2. The third-order valence-electron chi connectivity index (χ3n) is 5.52. The van der Waals surface area contributed by atoms with Gasteiger partial charge in [-0.1, -0.05) is 37.3 Å². The number of hydrogen-bond acceptors (Lipinski definition) is 4. The van der Waals surface area contributed by atoms with Crippen LogP contribution < -0.4 is 14.8 Å². The fraction of sp³-hybridized carbons (Fsp3) is 0.462. The lowest BCUT2D eigenvalue weighted by Gasteiger charge is -2.29. The first-order valence-corrected chi connectivity index (χ1v) is 11.3. The number of rotatable bonds is 13. The lowest BCUT2D eigenvalue weighted by molar-refractivity contribution is -0.140. The predicted octanol–water partition coefficient (Wildman–Crippen LogP) is 4.23. The van der Waals surface area contributed by atoms with E-state index in [4.69, 9.17) is 9.47 Å². The van der Waals surface area contributed by atoms with Gasteiger partial charge in [0.15, 0.2) is 0 Å². The molecule has 0 radical (unpaired) electrons. The van der Waals surface area contributed by atoms with E-state index in [2.05, 4.69) is 5.32 Å². The molecule has 174 valence electrons. The van der Waals surface area contributed by atoms with Crippen molar-refractivity contribution >= 4 is 11.8 Å². The second-order valence-corrected chi connectivity index (χ2v) is 7.94. The van der Waals surface area contributed by atoms with Gasteiger partial charge in [-0.25, -0.2) is 0 Å². The van der Waals surface area contributed by atoms with Crippen molar-refractivity contribution in [2.24, 2.45) is 0 Å². The van der Waals surface area contributed by atoms with Crippen LogP contribution in [-0.2, 0) is 16.0 Å². The van der Waals surface area contributed by atoms with E-state index in [1.165, 1.54) is 0 Å². The Morgan fingerprint density at radius 1 is 1.00 bits per heavy atom. The molecule has 6 heteroatoms. The number of methoxy groups -OCH3 is 1. The molecule has 2 aromatic rings. The first-order valence-electron chi connectivity index (χ1n) is 11.3. The van der Waals surface area contributed by atoms with Crippen molar-refractivity contribution in [3.63, 3.8) is 0 Å². The Morgan fingerprint density at radius 2 is 1.66 bits per heavy atom. The second-order valence-electron chi connectivity index (χ2n) is 7.94. The van der Waals surface area contributed by atoms with Gasteiger partial charge in [0.05, 0.1) is 13.7 Å². The highest BCUT2D eigenvalue weighted by molar-refractivity contribution is 5.87. The summed E-state index contributed by atoms with van der Waals surface area (Å²) in [5.74, 6) is 1.35. The predicted molar refractivity (Wildman–Crippen MR) is 127 cm³/mol. The number of carbonyl (C=O) groups is 2. The standard InChI is InChI=1S/C26H36N2O4/c1-5-20(2)27-26(30)21(3)28(18-17-22-10-7-6-8-11-22)25(29)12-9-19-32-24-15-13-23(31-4)14-16-24/h6-8,10-11,13-16,20-21H,5,9,12,17-19H2,1-4H3,(H,27,30)/t20-,21-/m1/s1. The molecule has 0 aromatic heterocycles. The molecule has 0 saturated carbocycles. The normalized spacial score (nSPS) is 12.5. The molecule has 0 spiro atoms. The number of ether oxygens (including phenoxy) is 2. The van der Waals surface area contributed by atoms with Gasteiger partial charge in [-0.05, 0) is 62.9 Å². The average Bonchev–Trinajstić information content (AvgIpc) is 2.82. The summed E-state index contributed by atoms with van der Waals surface area (Å²) in [4.78, 5) is 27.4. The monoisotopic (exact) mass is 440 g/mol. The van der Waals surface area contributed by atoms with Gasteiger partial charge in [0.1, 0.15) is 17.5 Å². The van der Waals surface area contributed by atoms with Crippen LogP contribution in [0.4, 0.5) is 0 Å². The van der Waals surface area contributed by atoms with E-state index < -0.39 is 6.04 Å². The Labute approximate surface area is 191 Å². The molecule has 0 heterocycles. The summed E-state index contributed by atoms with van der Waals surface area (Å²) in [5, 5.41) is 2.99. The fourth-order valence-electron chi connectivity index (χ4n) is 3.26. The van der Waals surface area contributed by atoms with Crippen molar-refractivity contribution in [3.05, 3.63) is 60.2 Å². The molecule has 6 nitrogen and oxygen atoms in total. The van der Waals surface area contributed by atoms with E-state index in [1.54, 1.807) is 18.9 Å². The molecule has 1 N–H and O–H groups in total. The molecule has 0 fully saturated rings. The van der Waals surface area contributed by atoms with Crippen LogP contribution >= 0.6 is 0 Å². The van der Waals surface area contributed by atoms with Crippen LogP contribution in [-0.4, -0.2) is 49.1 Å². The summed E-state index contributed by atoms with van der Waals surface area (Å²) in [6.07, 6.45) is 2.45. The zero-order valence-electron chi connectivity index (χ0n) is 19.7. The molecule has 2 amide bonds. The fourth-order valence-corrected chi connectivity index (χ4v) is 3.26. The molecular formula is C26H36N2O4. The van der Waals surface area contributed by atoms with E-state index >= 15 is 0 Å². The van der Waals surface area contributed by atoms with Gasteiger partial charge in [0.2, 0.25) is 11.8 Å². The highest BCUT2D eigenvalue weighted by Crippen LogP contribution is 2.17. The molecule has 0 aliphatic heterocycles. The van der Waals surface area contributed by atoms with Crippen LogP contribution in [0.2, 0.25) is 0 Å². The maximum absolute atomic E-state index is 13.0. The topological polar surface area (TPSA) is 67.9 Å². The zero-order chi connectivity index (χ0) is 23.3. The van der Waals surface area contributed by atoms with Crippen molar-refractivity contribution in [1.82, 2.24) is 10.2 Å². The number of benzene rings is 2. The van der Waals surface area contributed by atoms with Crippen molar-refractivity contribution < 1.29 is 19.1 Å². The van der Waals surface area contributed by atoms with Crippen LogP contribution in [0.1, 0.15) is 45.6 Å². The molecule has 32 heavy (non-hydrogen) atoms. The van der Waals surface area contributed by atoms with Crippen LogP contribution in [0, 0.1) is 0 Å². The van der Waals surface area contributed by atoms with Gasteiger partial charge in [-0.15, -0.1) is 0 Å². The number of nitrogens with zero attached hydrogens (tertiary/aromatic N) is 1. The molecule has 0 bridgehead atoms. The molecule has 2 atom stereocenters. The highest BCUT2D eigenvalue weighted by atomic mass is 16.5. The maximum atomic E-state index is 13.0. The quantitative estimate of drug-likeness (QED) is 0.474. The van der Waals surface area contributed by atoms with Crippen LogP contribution in [0.25, 0.3) is 0 Å². The van der Waals surface area contributed by atoms with Gasteiger partial charge >= 0.3 is 0 Å². The van der Waals surface area contributed by atoms with Crippen molar-refractivity contribution in [2.75, 3.05) is 20.3 Å². The summed E-state index contributed by atoms with van der Waals surface area (Å²) in [6, 6.07) is 16.9. The Kier molecular flexibility index (Phi) is 10.6. The van der Waals surface area contributed by atoms with E-state index in [9.17, 15) is 9.59 Å². The Morgan fingerprint density at radius 3 is 2.28 bits per heavy atom. The third kappa shape index (κ3) is 8.25. The number of carbonyl (C=O) groups excluding carboxylic acids is 2. The average molecular weight is 441 g/mol. The summed E-state index contributed by atoms with van der Waals surface area (Å²) < 4.78 is 10.9. The van der Waals surface area contributed by atoms with E-state index in [-0.39, 0.29) is 17.9 Å². The highest BCUT2D eigenvalue weighted by Gasteiger charge is 2.26. The van der Waals surface area contributed by atoms with Gasteiger partial charge in [-0.3, -0.25) is 9.59 Å². The molecule has 0 aliphatic rings. The summed E-state index contributed by atoms with van der Waals surface area (Å²) in [7, 11) is 1.62. The zero-order valence-corrected chi connectivity index (χ0v) is 19.7. The lowest BCUT2D eigenvalue weighted by atomic mass is 10.1. The number of hydrogen-bond donors (Lipinski definition) is 1. The van der Waals surface area contributed by atoms with Crippen molar-refractivity contribution in [3.8, 4) is 11.5 Å². The van der Waals surface area contributed by atoms with E-state index in [0.29, 0.717) is 32.4 Å². The van der Waals surface area contributed by atoms with Gasteiger partial charge in [0.25, 0.3) is 0 Å². The van der Waals surface area contributed by atoms with Gasteiger partial charge < -0.3 is 19.7 Å². The minimum absolute atomic E-state index is 0.0361. The van der Waals surface area contributed by atoms with Crippen molar-refractivity contribution in [1.29, 1.82) is 0 Å². The Bertz CT molecular complexity index is 823. The second kappa shape index (κ2) is 13.4. The largest absolute Gasteiger partial charge is 0.497 e. The molecule has 0 aliphatic carbocycles. The minimum atomic E-state index is -0.525. The number of amides is 2. The Hall–Kier alpha value is -3.02. The molecule has 2 rings (SSSR count). The van der Waals surface area contributed by atoms with Crippen molar-refractivity contribution in [2.45, 2.75) is 58.5 Å². The minimum Gasteiger partial charge on any atom is -0.497 e. The van der Waals surface area contributed by atoms with Gasteiger partial charge in [-0.2, -0.15) is 0 Å². The summed E-state index contributed by atoms with van der Waals surface area (Å²) in [5.41, 5.74) is 1.14. The summed E-state index contributed by atoms with van der Waals surface area (Å²) >= 11 is 0. The summed E-state index contributed by atoms with van der Waals surface area (Å²) in [6.45, 7) is 6.72.